The highest BCUT2D eigenvalue weighted by molar-refractivity contribution is 5.94. The zero-order valence-corrected chi connectivity index (χ0v) is 13.6. The molecule has 5 N–H and O–H groups in total. The molecule has 128 valence electrons. The van der Waals surface area contributed by atoms with Gasteiger partial charge in [-0.1, -0.05) is 6.92 Å². The van der Waals surface area contributed by atoms with Crippen LogP contribution in [0.4, 0.5) is 5.69 Å². The number of hydrogen-bond acceptors (Lipinski definition) is 4. The fourth-order valence-electron chi connectivity index (χ4n) is 1.72. The highest BCUT2D eigenvalue weighted by Gasteiger charge is 2.05. The third-order valence-corrected chi connectivity index (χ3v) is 2.90. The molecule has 0 aromatic heterocycles. The molecule has 0 fully saturated rings. The molecule has 2 amide bonds. The minimum atomic E-state index is -0.212. The molecule has 0 radical (unpaired) electrons. The summed E-state index contributed by atoms with van der Waals surface area (Å²) in [4.78, 5) is 23.3. The van der Waals surface area contributed by atoms with Crippen LogP contribution in [0.15, 0.2) is 24.3 Å². The SMILES string of the molecule is CCCOCCOCC(=O)NCCNC(=O)c1ccc([NH3+])cc1. The van der Waals surface area contributed by atoms with Gasteiger partial charge in [-0.25, -0.2) is 0 Å². The van der Waals surface area contributed by atoms with Gasteiger partial charge in [0, 0.05) is 25.3 Å². The van der Waals surface area contributed by atoms with Gasteiger partial charge < -0.3 is 25.8 Å². The van der Waals surface area contributed by atoms with Gasteiger partial charge in [0.15, 0.2) is 0 Å². The van der Waals surface area contributed by atoms with Crippen molar-refractivity contribution in [2.75, 3.05) is 39.5 Å². The van der Waals surface area contributed by atoms with E-state index < -0.39 is 0 Å². The smallest absolute Gasteiger partial charge is 0.251 e. The maximum atomic E-state index is 11.8. The number of benzene rings is 1. The Bertz CT molecular complexity index is 477. The van der Waals surface area contributed by atoms with Crippen molar-refractivity contribution < 1.29 is 24.8 Å². The Labute approximate surface area is 136 Å². The van der Waals surface area contributed by atoms with Crippen molar-refractivity contribution in [1.29, 1.82) is 0 Å². The Morgan fingerprint density at radius 1 is 1.00 bits per heavy atom. The molecule has 0 unspecified atom stereocenters. The lowest BCUT2D eigenvalue weighted by molar-refractivity contribution is -0.254. The fourth-order valence-corrected chi connectivity index (χ4v) is 1.72. The topological polar surface area (TPSA) is 104 Å². The number of carbonyl (C=O) groups excluding carboxylic acids is 2. The molecule has 0 atom stereocenters. The molecule has 0 aliphatic rings. The van der Waals surface area contributed by atoms with Crippen molar-refractivity contribution in [3.8, 4) is 0 Å². The Kier molecular flexibility index (Phi) is 9.62. The second kappa shape index (κ2) is 11.6. The Morgan fingerprint density at radius 3 is 2.35 bits per heavy atom. The maximum absolute atomic E-state index is 11.8. The maximum Gasteiger partial charge on any atom is 0.251 e. The van der Waals surface area contributed by atoms with E-state index in [0.29, 0.717) is 38.5 Å². The predicted molar refractivity (Wildman–Crippen MR) is 86.3 cm³/mol. The van der Waals surface area contributed by atoms with E-state index in [9.17, 15) is 9.59 Å². The van der Waals surface area contributed by atoms with Crippen LogP contribution in [-0.2, 0) is 14.3 Å². The molecule has 1 aromatic rings. The van der Waals surface area contributed by atoms with Gasteiger partial charge in [0.1, 0.15) is 12.3 Å². The number of quaternary nitrogens is 1. The molecular formula is C16H26N3O4+. The van der Waals surface area contributed by atoms with Crippen molar-refractivity contribution >= 4 is 17.5 Å². The van der Waals surface area contributed by atoms with E-state index in [1.807, 2.05) is 6.92 Å². The minimum Gasteiger partial charge on any atom is -0.379 e. The first-order valence-electron chi connectivity index (χ1n) is 7.76. The van der Waals surface area contributed by atoms with Gasteiger partial charge in [-0.05, 0) is 30.7 Å². The largest absolute Gasteiger partial charge is 0.379 e. The van der Waals surface area contributed by atoms with Gasteiger partial charge in [-0.3, -0.25) is 9.59 Å². The van der Waals surface area contributed by atoms with E-state index in [1.54, 1.807) is 24.3 Å². The zero-order chi connectivity index (χ0) is 16.9. The van der Waals surface area contributed by atoms with Crippen LogP contribution in [0.3, 0.4) is 0 Å². The highest BCUT2D eigenvalue weighted by atomic mass is 16.5. The summed E-state index contributed by atoms with van der Waals surface area (Å²) in [7, 11) is 0. The second-order valence-corrected chi connectivity index (χ2v) is 4.97. The number of amides is 2. The van der Waals surface area contributed by atoms with Gasteiger partial charge in [0.05, 0.1) is 13.2 Å². The lowest BCUT2D eigenvalue weighted by Gasteiger charge is -2.08. The molecule has 7 heteroatoms. The predicted octanol–water partition coefficient (Wildman–Crippen LogP) is -0.151. The van der Waals surface area contributed by atoms with E-state index in [4.69, 9.17) is 9.47 Å². The van der Waals surface area contributed by atoms with Crippen molar-refractivity contribution in [3.63, 3.8) is 0 Å². The number of nitrogens with one attached hydrogen (secondary N) is 2. The summed E-state index contributed by atoms with van der Waals surface area (Å²) < 4.78 is 10.4. The zero-order valence-electron chi connectivity index (χ0n) is 13.6. The fraction of sp³-hybridized carbons (Fsp3) is 0.500. The van der Waals surface area contributed by atoms with E-state index >= 15 is 0 Å². The van der Waals surface area contributed by atoms with Crippen LogP contribution in [-0.4, -0.2) is 51.3 Å². The van der Waals surface area contributed by atoms with Crippen LogP contribution in [0.2, 0.25) is 0 Å². The number of hydrogen-bond donors (Lipinski definition) is 3. The highest BCUT2D eigenvalue weighted by Crippen LogP contribution is 2.03. The number of ether oxygens (including phenoxy) is 2. The molecule has 0 saturated heterocycles. The van der Waals surface area contributed by atoms with Crippen molar-refractivity contribution in [3.05, 3.63) is 29.8 Å². The average Bonchev–Trinajstić information content (AvgIpc) is 2.55. The van der Waals surface area contributed by atoms with Crippen molar-refractivity contribution in [1.82, 2.24) is 10.6 Å². The van der Waals surface area contributed by atoms with Crippen molar-refractivity contribution in [2.45, 2.75) is 13.3 Å². The summed E-state index contributed by atoms with van der Waals surface area (Å²) in [5.41, 5.74) is 5.19. The van der Waals surface area contributed by atoms with E-state index in [0.717, 1.165) is 12.1 Å². The third kappa shape index (κ3) is 8.92. The van der Waals surface area contributed by atoms with Crippen LogP contribution in [0.1, 0.15) is 23.7 Å². The number of rotatable bonds is 11. The third-order valence-electron chi connectivity index (χ3n) is 2.90. The van der Waals surface area contributed by atoms with Gasteiger partial charge >= 0.3 is 0 Å². The average molecular weight is 324 g/mol. The van der Waals surface area contributed by atoms with Gasteiger partial charge in [0.25, 0.3) is 5.91 Å². The molecule has 0 bridgehead atoms. The number of carbonyl (C=O) groups is 2. The molecule has 0 spiro atoms. The summed E-state index contributed by atoms with van der Waals surface area (Å²) in [6.45, 7) is 4.32. The molecule has 0 aliphatic heterocycles. The van der Waals surface area contributed by atoms with Crippen LogP contribution in [0.25, 0.3) is 0 Å². The van der Waals surface area contributed by atoms with E-state index in [1.165, 1.54) is 0 Å². The Morgan fingerprint density at radius 2 is 1.65 bits per heavy atom. The van der Waals surface area contributed by atoms with Gasteiger partial charge in [-0.2, -0.15) is 0 Å². The Hall–Kier alpha value is -1.96. The molecule has 0 saturated carbocycles. The molecule has 0 aliphatic carbocycles. The lowest BCUT2D eigenvalue weighted by atomic mass is 10.2. The van der Waals surface area contributed by atoms with E-state index in [-0.39, 0.29) is 18.4 Å². The molecule has 1 rings (SSSR count). The van der Waals surface area contributed by atoms with Crippen LogP contribution in [0.5, 0.6) is 0 Å². The summed E-state index contributed by atoms with van der Waals surface area (Å²) in [5.74, 6) is -0.389. The Balaban J connectivity index is 2.04. The quantitative estimate of drug-likeness (QED) is 0.492. The second-order valence-electron chi connectivity index (χ2n) is 4.97. The summed E-state index contributed by atoms with van der Waals surface area (Å²) >= 11 is 0. The first-order valence-corrected chi connectivity index (χ1v) is 7.76. The van der Waals surface area contributed by atoms with Gasteiger partial charge in [0.2, 0.25) is 5.91 Å². The molecule has 0 heterocycles. The molecule has 7 nitrogen and oxygen atoms in total. The van der Waals surface area contributed by atoms with E-state index in [2.05, 4.69) is 16.4 Å². The first kappa shape index (κ1) is 19.1. The summed E-state index contributed by atoms with van der Waals surface area (Å²) in [5, 5.41) is 5.40. The molecule has 1 aromatic carbocycles. The monoisotopic (exact) mass is 324 g/mol. The standard InChI is InChI=1S/C16H25N3O4/c1-2-9-22-10-11-23-12-15(20)18-7-8-19-16(21)13-3-5-14(17)6-4-13/h3-6H,2,7-12,17H2,1H3,(H,18,20)(H,19,21)/p+1. The molecular weight excluding hydrogens is 298 g/mol. The lowest BCUT2D eigenvalue weighted by Crippen LogP contribution is -2.40. The van der Waals surface area contributed by atoms with Crippen LogP contribution >= 0.6 is 0 Å². The minimum absolute atomic E-state index is 0.00556. The summed E-state index contributed by atoms with van der Waals surface area (Å²) in [6, 6.07) is 6.98. The van der Waals surface area contributed by atoms with Crippen molar-refractivity contribution in [2.24, 2.45) is 0 Å². The first-order chi connectivity index (χ1) is 11.1. The van der Waals surface area contributed by atoms with Crippen LogP contribution < -0.4 is 16.4 Å². The van der Waals surface area contributed by atoms with Crippen LogP contribution in [0, 0.1) is 0 Å². The summed E-state index contributed by atoms with van der Waals surface area (Å²) in [6.07, 6.45) is 0.964. The normalized spacial score (nSPS) is 10.3. The van der Waals surface area contributed by atoms with Gasteiger partial charge in [-0.15, -0.1) is 0 Å². The molecule has 23 heavy (non-hydrogen) atoms.